The lowest BCUT2D eigenvalue weighted by Crippen LogP contribution is -2.47. The van der Waals surface area contributed by atoms with Gasteiger partial charge in [0.2, 0.25) is 11.8 Å². The largest absolute Gasteiger partial charge is 0.366 e. The number of carbonyl (C=O) groups excluding carboxylic acids is 1. The van der Waals surface area contributed by atoms with Crippen molar-refractivity contribution in [3.05, 3.63) is 47.3 Å². The lowest BCUT2D eigenvalue weighted by Gasteiger charge is -2.47. The maximum atomic E-state index is 13.8. The number of aromatic nitrogens is 3. The topological polar surface area (TPSA) is 87.9 Å². The SMILES string of the molecule is NC(=O)c1cccc(C2CC3CCC(C2)N3C(c2c[nH]nn2)C2CCC(F)(F)CC2)c1. The van der Waals surface area contributed by atoms with Crippen LogP contribution in [0.15, 0.2) is 30.5 Å². The van der Waals surface area contributed by atoms with Gasteiger partial charge in [0.05, 0.1) is 11.7 Å². The minimum absolute atomic E-state index is 0.0326. The second-order valence-corrected chi connectivity index (χ2v) is 9.53. The molecule has 3 atom stereocenters. The molecule has 5 rings (SSSR count). The second-order valence-electron chi connectivity index (χ2n) is 9.53. The summed E-state index contributed by atoms with van der Waals surface area (Å²) in [6.07, 6.45) is 6.98. The Balaban J connectivity index is 1.39. The van der Waals surface area contributed by atoms with Crippen LogP contribution in [-0.4, -0.2) is 44.2 Å². The van der Waals surface area contributed by atoms with E-state index in [0.29, 0.717) is 36.4 Å². The van der Waals surface area contributed by atoms with Gasteiger partial charge in [-0.1, -0.05) is 17.3 Å². The zero-order valence-corrected chi connectivity index (χ0v) is 17.5. The maximum absolute atomic E-state index is 13.8. The van der Waals surface area contributed by atoms with Crippen LogP contribution in [0.5, 0.6) is 0 Å². The van der Waals surface area contributed by atoms with Crippen molar-refractivity contribution in [1.29, 1.82) is 0 Å². The molecule has 8 heteroatoms. The highest BCUT2D eigenvalue weighted by Crippen LogP contribution is 2.51. The number of piperidine rings is 1. The third-order valence-electron chi connectivity index (χ3n) is 7.70. The molecule has 1 aliphatic carbocycles. The lowest BCUT2D eigenvalue weighted by atomic mass is 9.77. The molecule has 3 fully saturated rings. The van der Waals surface area contributed by atoms with Crippen molar-refractivity contribution >= 4 is 5.91 Å². The maximum Gasteiger partial charge on any atom is 0.248 e. The average molecular weight is 430 g/mol. The zero-order chi connectivity index (χ0) is 21.6. The third-order valence-corrected chi connectivity index (χ3v) is 7.70. The molecule has 166 valence electrons. The molecular formula is C23H29F2N5O. The molecule has 2 aromatic rings. The lowest BCUT2D eigenvalue weighted by molar-refractivity contribution is -0.0643. The Bertz CT molecular complexity index is 910. The van der Waals surface area contributed by atoms with E-state index in [0.717, 1.165) is 31.4 Å². The van der Waals surface area contributed by atoms with E-state index in [1.807, 2.05) is 18.3 Å². The Kier molecular flexibility index (Phi) is 5.28. The molecule has 0 radical (unpaired) electrons. The molecule has 3 N–H and O–H groups in total. The van der Waals surface area contributed by atoms with Crippen LogP contribution >= 0.6 is 0 Å². The fourth-order valence-electron chi connectivity index (χ4n) is 6.26. The van der Waals surface area contributed by atoms with E-state index in [1.54, 1.807) is 6.07 Å². The van der Waals surface area contributed by atoms with Gasteiger partial charge in [0, 0.05) is 36.7 Å². The summed E-state index contributed by atoms with van der Waals surface area (Å²) in [6.45, 7) is 0. The van der Waals surface area contributed by atoms with Gasteiger partial charge in [-0.25, -0.2) is 8.78 Å². The quantitative estimate of drug-likeness (QED) is 0.746. The Morgan fingerprint density at radius 2 is 1.87 bits per heavy atom. The molecule has 2 aliphatic heterocycles. The van der Waals surface area contributed by atoms with Crippen LogP contribution in [0.3, 0.4) is 0 Å². The van der Waals surface area contributed by atoms with Crippen LogP contribution in [0.25, 0.3) is 0 Å². The summed E-state index contributed by atoms with van der Waals surface area (Å²) in [6, 6.07) is 8.48. The summed E-state index contributed by atoms with van der Waals surface area (Å²) in [5.41, 5.74) is 8.08. The average Bonchev–Trinajstić information content (AvgIpc) is 3.36. The zero-order valence-electron chi connectivity index (χ0n) is 17.5. The molecule has 2 bridgehead atoms. The Morgan fingerprint density at radius 1 is 1.16 bits per heavy atom. The highest BCUT2D eigenvalue weighted by Gasteiger charge is 2.49. The first-order valence-electron chi connectivity index (χ1n) is 11.3. The van der Waals surface area contributed by atoms with E-state index < -0.39 is 11.8 Å². The molecule has 2 saturated heterocycles. The number of amides is 1. The predicted octanol–water partition coefficient (Wildman–Crippen LogP) is 4.18. The van der Waals surface area contributed by atoms with Crippen LogP contribution < -0.4 is 5.73 Å². The molecule has 3 aliphatic rings. The van der Waals surface area contributed by atoms with E-state index in [9.17, 15) is 13.6 Å². The Labute approximate surface area is 180 Å². The molecule has 3 unspecified atom stereocenters. The van der Waals surface area contributed by atoms with Gasteiger partial charge in [0.1, 0.15) is 0 Å². The molecule has 1 saturated carbocycles. The van der Waals surface area contributed by atoms with Crippen molar-refractivity contribution in [2.75, 3.05) is 0 Å². The number of benzene rings is 1. The number of hydrogen-bond acceptors (Lipinski definition) is 4. The van der Waals surface area contributed by atoms with Gasteiger partial charge in [-0.05, 0) is 68.1 Å². The van der Waals surface area contributed by atoms with Crippen LogP contribution in [0.4, 0.5) is 8.78 Å². The number of rotatable bonds is 5. The van der Waals surface area contributed by atoms with Gasteiger partial charge in [-0.3, -0.25) is 14.8 Å². The summed E-state index contributed by atoms with van der Waals surface area (Å²) in [5, 5.41) is 11.1. The van der Waals surface area contributed by atoms with Crippen molar-refractivity contribution in [3.63, 3.8) is 0 Å². The first kappa shape index (κ1) is 20.5. The van der Waals surface area contributed by atoms with Crippen molar-refractivity contribution in [3.8, 4) is 0 Å². The number of alkyl halides is 2. The predicted molar refractivity (Wildman–Crippen MR) is 112 cm³/mol. The van der Waals surface area contributed by atoms with Crippen LogP contribution in [0.1, 0.15) is 84.9 Å². The second kappa shape index (κ2) is 7.97. The first-order chi connectivity index (χ1) is 14.9. The number of primary amides is 1. The van der Waals surface area contributed by atoms with E-state index >= 15 is 0 Å². The summed E-state index contributed by atoms with van der Waals surface area (Å²) >= 11 is 0. The van der Waals surface area contributed by atoms with Crippen molar-refractivity contribution in [2.24, 2.45) is 11.7 Å². The van der Waals surface area contributed by atoms with Crippen LogP contribution in [0.2, 0.25) is 0 Å². The standard InChI is InChI=1S/C23H29F2N5O/c24-23(25)8-6-14(7-9-23)21(20-13-27-29-28-20)30-18-4-5-19(30)12-17(11-18)15-2-1-3-16(10-15)22(26)31/h1-3,10,13-14,17-19,21H,4-9,11-12H2,(H2,26,31)(H,27,28,29). The van der Waals surface area contributed by atoms with Gasteiger partial charge in [-0.15, -0.1) is 5.10 Å². The summed E-state index contributed by atoms with van der Waals surface area (Å²) < 4.78 is 27.7. The number of nitrogens with zero attached hydrogens (tertiary/aromatic N) is 3. The van der Waals surface area contributed by atoms with E-state index in [-0.39, 0.29) is 24.8 Å². The number of carbonyl (C=O) groups is 1. The van der Waals surface area contributed by atoms with E-state index in [4.69, 9.17) is 5.73 Å². The molecule has 3 heterocycles. The van der Waals surface area contributed by atoms with E-state index in [1.165, 1.54) is 5.56 Å². The molecule has 1 amide bonds. The fraction of sp³-hybridized carbons (Fsp3) is 0.609. The summed E-state index contributed by atoms with van der Waals surface area (Å²) in [5.74, 6) is -2.39. The Hall–Kier alpha value is -2.35. The van der Waals surface area contributed by atoms with E-state index in [2.05, 4.69) is 26.4 Å². The molecular weight excluding hydrogens is 400 g/mol. The molecule has 31 heavy (non-hydrogen) atoms. The van der Waals surface area contributed by atoms with Gasteiger partial charge >= 0.3 is 0 Å². The molecule has 6 nitrogen and oxygen atoms in total. The fourth-order valence-corrected chi connectivity index (χ4v) is 6.26. The number of aromatic amines is 1. The Morgan fingerprint density at radius 3 is 2.48 bits per heavy atom. The van der Waals surface area contributed by atoms with Gasteiger partial charge in [-0.2, -0.15) is 0 Å². The highest BCUT2D eigenvalue weighted by molar-refractivity contribution is 5.92. The van der Waals surface area contributed by atoms with Gasteiger partial charge < -0.3 is 5.73 Å². The number of fused-ring (bicyclic) bond motifs is 2. The van der Waals surface area contributed by atoms with Gasteiger partial charge in [0.15, 0.2) is 0 Å². The monoisotopic (exact) mass is 429 g/mol. The number of H-pyrrole nitrogens is 1. The van der Waals surface area contributed by atoms with Crippen LogP contribution in [0, 0.1) is 5.92 Å². The molecule has 1 aromatic carbocycles. The number of halogens is 2. The number of hydrogen-bond donors (Lipinski definition) is 2. The van der Waals surface area contributed by atoms with Crippen LogP contribution in [-0.2, 0) is 0 Å². The minimum atomic E-state index is -2.54. The van der Waals surface area contributed by atoms with Crippen molar-refractivity contribution in [2.45, 2.75) is 81.3 Å². The summed E-state index contributed by atoms with van der Waals surface area (Å²) in [4.78, 5) is 14.2. The molecule has 1 aromatic heterocycles. The van der Waals surface area contributed by atoms with Crippen molar-refractivity contribution in [1.82, 2.24) is 20.3 Å². The highest BCUT2D eigenvalue weighted by atomic mass is 19.3. The minimum Gasteiger partial charge on any atom is -0.366 e. The smallest absolute Gasteiger partial charge is 0.248 e. The van der Waals surface area contributed by atoms with Crippen molar-refractivity contribution < 1.29 is 13.6 Å². The summed E-state index contributed by atoms with van der Waals surface area (Å²) in [7, 11) is 0. The normalized spacial score (nSPS) is 29.7. The number of nitrogens with two attached hydrogens (primary N) is 1. The van der Waals surface area contributed by atoms with Gasteiger partial charge in [0.25, 0.3) is 0 Å². The first-order valence-corrected chi connectivity index (χ1v) is 11.3. The molecule has 0 spiro atoms. The third kappa shape index (κ3) is 3.97. The number of nitrogens with one attached hydrogen (secondary N) is 1.